The van der Waals surface area contributed by atoms with E-state index < -0.39 is 0 Å². The molecule has 0 amide bonds. The first kappa shape index (κ1) is 7.94. The van der Waals surface area contributed by atoms with Crippen LogP contribution in [0.25, 0.3) is 0 Å². The molecule has 0 aliphatic rings. The molecule has 0 fully saturated rings. The van der Waals surface area contributed by atoms with Crippen LogP contribution in [0.15, 0.2) is 17.1 Å². The maximum absolute atomic E-state index is 11.0. The standard InChI is InChI=1S/C7H11N3O/c1-9(2)6-4-5-10(3)7(11)8-6/h4-5H,1-3H3/p+2. The van der Waals surface area contributed by atoms with Crippen molar-refractivity contribution in [3.63, 3.8) is 0 Å². The summed E-state index contributed by atoms with van der Waals surface area (Å²) < 4.78 is 1.51. The van der Waals surface area contributed by atoms with Gasteiger partial charge >= 0.3 is 5.69 Å². The fourth-order valence-corrected chi connectivity index (χ4v) is 0.791. The third kappa shape index (κ3) is 1.65. The van der Waals surface area contributed by atoms with Gasteiger partial charge in [0.2, 0.25) is 0 Å². The first-order valence-electron chi connectivity index (χ1n) is 3.51. The number of nitrogens with one attached hydrogen (secondary N) is 2. The lowest BCUT2D eigenvalue weighted by molar-refractivity contribution is -0.791. The van der Waals surface area contributed by atoms with Crippen molar-refractivity contribution in [1.82, 2.24) is 4.98 Å². The summed E-state index contributed by atoms with van der Waals surface area (Å²) in [5.41, 5.74) is -0.0799. The van der Waals surface area contributed by atoms with Crippen LogP contribution in [0.2, 0.25) is 0 Å². The van der Waals surface area contributed by atoms with E-state index in [0.29, 0.717) is 0 Å². The molecule has 1 aromatic rings. The number of rotatable bonds is 1. The van der Waals surface area contributed by atoms with E-state index in [1.807, 2.05) is 20.2 Å². The zero-order valence-corrected chi connectivity index (χ0v) is 7.01. The normalized spacial score (nSPS) is 10.5. The summed E-state index contributed by atoms with van der Waals surface area (Å²) in [5.74, 6) is 0.896. The molecule has 0 unspecified atom stereocenters. The van der Waals surface area contributed by atoms with Gasteiger partial charge in [0.1, 0.15) is 6.20 Å². The van der Waals surface area contributed by atoms with Crippen LogP contribution in [0.4, 0.5) is 5.82 Å². The summed E-state index contributed by atoms with van der Waals surface area (Å²) in [5, 5.41) is 0. The molecule has 0 bridgehead atoms. The van der Waals surface area contributed by atoms with Gasteiger partial charge in [-0.1, -0.05) is 0 Å². The first-order valence-corrected chi connectivity index (χ1v) is 3.51. The van der Waals surface area contributed by atoms with Gasteiger partial charge < -0.3 is 0 Å². The molecule has 11 heavy (non-hydrogen) atoms. The predicted molar refractivity (Wildman–Crippen MR) is 40.7 cm³/mol. The van der Waals surface area contributed by atoms with Gasteiger partial charge in [0, 0.05) is 0 Å². The highest BCUT2D eigenvalue weighted by Gasteiger charge is 2.07. The maximum Gasteiger partial charge on any atom is 0.500 e. The molecule has 0 aliphatic heterocycles. The van der Waals surface area contributed by atoms with Crippen LogP contribution in [0.5, 0.6) is 0 Å². The van der Waals surface area contributed by atoms with Crippen molar-refractivity contribution in [3.05, 3.63) is 22.7 Å². The highest BCUT2D eigenvalue weighted by Crippen LogP contribution is 1.82. The molecule has 60 valence electrons. The molecule has 1 heterocycles. The monoisotopic (exact) mass is 155 g/mol. The SMILES string of the molecule is C[n+]1ccc([NH+](C)C)[nH]c1=O. The van der Waals surface area contributed by atoms with E-state index in [0.717, 1.165) is 10.7 Å². The van der Waals surface area contributed by atoms with E-state index in [1.54, 1.807) is 13.2 Å². The summed E-state index contributed by atoms with van der Waals surface area (Å²) in [6.07, 6.45) is 1.75. The third-order valence-corrected chi connectivity index (χ3v) is 1.57. The van der Waals surface area contributed by atoms with Crippen LogP contribution in [0.1, 0.15) is 0 Å². The van der Waals surface area contributed by atoms with Crippen LogP contribution in [-0.4, -0.2) is 19.1 Å². The minimum absolute atomic E-state index is 0.0799. The Balaban J connectivity index is 3.16. The van der Waals surface area contributed by atoms with Gasteiger partial charge in [0.05, 0.1) is 27.2 Å². The molecular formula is C7H13N3O+2. The van der Waals surface area contributed by atoms with Gasteiger partial charge in [-0.2, -0.15) is 9.78 Å². The molecule has 0 spiro atoms. The third-order valence-electron chi connectivity index (χ3n) is 1.57. The smallest absolute Gasteiger partial charge is 0.273 e. The number of nitrogens with zero attached hydrogens (tertiary/aromatic N) is 1. The number of hydrogen-bond acceptors (Lipinski definition) is 1. The number of aryl methyl sites for hydroxylation is 1. The van der Waals surface area contributed by atoms with Crippen LogP contribution >= 0.6 is 0 Å². The van der Waals surface area contributed by atoms with E-state index in [4.69, 9.17) is 0 Å². The van der Waals surface area contributed by atoms with Gasteiger partial charge in [-0.25, -0.2) is 4.57 Å². The van der Waals surface area contributed by atoms with Gasteiger partial charge in [-0.05, 0) is 0 Å². The molecule has 1 rings (SSSR count). The molecule has 0 aliphatic carbocycles. The van der Waals surface area contributed by atoms with Gasteiger partial charge in [-0.3, -0.25) is 4.90 Å². The Morgan fingerprint density at radius 1 is 1.55 bits per heavy atom. The van der Waals surface area contributed by atoms with Crippen molar-refractivity contribution in [2.24, 2.45) is 7.05 Å². The summed E-state index contributed by atoms with van der Waals surface area (Å²) in [7, 11) is 5.64. The van der Waals surface area contributed by atoms with E-state index >= 15 is 0 Å². The lowest BCUT2D eigenvalue weighted by Gasteiger charge is -2.00. The second-order valence-corrected chi connectivity index (χ2v) is 2.77. The van der Waals surface area contributed by atoms with Crippen LogP contribution in [-0.2, 0) is 7.05 Å². The van der Waals surface area contributed by atoms with Crippen LogP contribution < -0.4 is 15.2 Å². The Morgan fingerprint density at radius 3 is 2.64 bits per heavy atom. The zero-order valence-electron chi connectivity index (χ0n) is 7.01. The summed E-state index contributed by atoms with van der Waals surface area (Å²) in [4.78, 5) is 14.9. The molecule has 0 radical (unpaired) electrons. The van der Waals surface area contributed by atoms with E-state index in [9.17, 15) is 4.79 Å². The quantitative estimate of drug-likeness (QED) is 0.451. The van der Waals surface area contributed by atoms with E-state index in [-0.39, 0.29) is 5.69 Å². The zero-order chi connectivity index (χ0) is 8.43. The average molecular weight is 155 g/mol. The summed E-state index contributed by atoms with van der Waals surface area (Å²) in [6, 6.07) is 1.89. The Morgan fingerprint density at radius 2 is 2.18 bits per heavy atom. The highest BCUT2D eigenvalue weighted by atomic mass is 16.1. The Labute approximate surface area is 65.1 Å². The number of aromatic nitrogens is 2. The van der Waals surface area contributed by atoms with Crippen LogP contribution in [0, 0.1) is 0 Å². The van der Waals surface area contributed by atoms with Gasteiger partial charge in [0.25, 0.3) is 5.82 Å². The first-order chi connectivity index (χ1) is 5.11. The molecule has 4 heteroatoms. The molecule has 0 aromatic carbocycles. The Bertz CT molecular complexity index is 303. The topological polar surface area (TPSA) is 41.2 Å². The van der Waals surface area contributed by atoms with E-state index in [2.05, 4.69) is 4.98 Å². The second-order valence-electron chi connectivity index (χ2n) is 2.77. The molecule has 0 saturated carbocycles. The van der Waals surface area contributed by atoms with Gasteiger partial charge in [-0.15, -0.1) is 0 Å². The Kier molecular flexibility index (Phi) is 2.05. The van der Waals surface area contributed by atoms with Crippen LogP contribution in [0.3, 0.4) is 0 Å². The minimum atomic E-state index is -0.0799. The number of quaternary nitrogens is 1. The molecule has 1 aromatic heterocycles. The molecule has 2 N–H and O–H groups in total. The fourth-order valence-electron chi connectivity index (χ4n) is 0.791. The maximum atomic E-state index is 11.0. The molecule has 4 nitrogen and oxygen atoms in total. The molecule has 0 saturated heterocycles. The molecular weight excluding hydrogens is 142 g/mol. The second kappa shape index (κ2) is 2.84. The van der Waals surface area contributed by atoms with Crippen molar-refractivity contribution in [1.29, 1.82) is 0 Å². The van der Waals surface area contributed by atoms with Crippen molar-refractivity contribution >= 4 is 5.82 Å². The van der Waals surface area contributed by atoms with Crippen molar-refractivity contribution < 1.29 is 9.47 Å². The van der Waals surface area contributed by atoms with Crippen molar-refractivity contribution in [2.45, 2.75) is 0 Å². The summed E-state index contributed by atoms with van der Waals surface area (Å²) >= 11 is 0. The number of H-pyrrole nitrogens is 1. The van der Waals surface area contributed by atoms with Crippen molar-refractivity contribution in [3.8, 4) is 0 Å². The Hall–Kier alpha value is -1.16. The predicted octanol–water partition coefficient (Wildman–Crippen LogP) is -2.02. The fraction of sp³-hybridized carbons (Fsp3) is 0.429. The largest absolute Gasteiger partial charge is 0.500 e. The number of aromatic amines is 1. The molecule has 0 atom stereocenters. The highest BCUT2D eigenvalue weighted by molar-refractivity contribution is 5.10. The average Bonchev–Trinajstić information content (AvgIpc) is 1.94. The van der Waals surface area contributed by atoms with E-state index in [1.165, 1.54) is 4.57 Å². The number of hydrogen-bond donors (Lipinski definition) is 2. The van der Waals surface area contributed by atoms with Crippen molar-refractivity contribution in [2.75, 3.05) is 14.1 Å². The van der Waals surface area contributed by atoms with Gasteiger partial charge in [0.15, 0.2) is 0 Å². The minimum Gasteiger partial charge on any atom is -0.273 e. The summed E-state index contributed by atoms with van der Waals surface area (Å²) in [6.45, 7) is 0. The lowest BCUT2D eigenvalue weighted by Crippen LogP contribution is -3.00. The lowest BCUT2D eigenvalue weighted by atomic mass is 10.5.